The van der Waals surface area contributed by atoms with Crippen molar-refractivity contribution >= 4 is 5.97 Å². The highest BCUT2D eigenvalue weighted by Crippen LogP contribution is 2.55. The predicted octanol–water partition coefficient (Wildman–Crippen LogP) is 5.99. The molecule has 0 aliphatic rings. The Labute approximate surface area is 148 Å². The molecule has 0 aromatic heterocycles. The molecule has 1 unspecified atom stereocenters. The molecule has 28 heavy (non-hydrogen) atoms. The quantitative estimate of drug-likeness (QED) is 0.273. The molecule has 0 rings (SSSR count). The van der Waals surface area contributed by atoms with Gasteiger partial charge in [0.05, 0.1) is 12.8 Å². The Hall–Kier alpha value is -1.96. The number of carbonyl (C=O) groups is 1. The van der Waals surface area contributed by atoms with E-state index in [1.165, 1.54) is 0 Å². The summed E-state index contributed by atoms with van der Waals surface area (Å²) in [7, 11) is 0. The van der Waals surface area contributed by atoms with Gasteiger partial charge in [-0.25, -0.2) is 13.6 Å². The first kappa shape index (κ1) is 28.3. The lowest BCUT2D eigenvalue weighted by Gasteiger charge is -2.37. The van der Waals surface area contributed by atoms with Gasteiger partial charge in [-0.05, 0) is 6.92 Å². The fourth-order valence-corrected chi connectivity index (χ4v) is 1.19. The van der Waals surface area contributed by atoms with E-state index in [0.29, 0.717) is 6.92 Å². The predicted molar refractivity (Wildman–Crippen MR) is 67.6 cm³/mol. The summed E-state index contributed by atoms with van der Waals surface area (Å²) in [4.78, 5) is 10.7. The van der Waals surface area contributed by atoms with Crippen LogP contribution in [0, 0.1) is 0 Å². The molecule has 0 heterocycles. The van der Waals surface area contributed by atoms with Crippen LogP contribution in [-0.2, 0) is 9.53 Å². The lowest BCUT2D eigenvalue weighted by molar-refractivity contribution is -0.422. The highest BCUT2D eigenvalue weighted by atomic mass is 19.4. The van der Waals surface area contributed by atoms with Crippen molar-refractivity contribution in [2.24, 2.45) is 0 Å². The second kappa shape index (κ2) is 9.03. The molecule has 0 saturated heterocycles. The molecule has 0 saturated carbocycles. The number of hydrogen-bond acceptors (Lipinski definition) is 2. The number of hydrogen-bond donors (Lipinski definition) is 0. The van der Waals surface area contributed by atoms with E-state index in [4.69, 9.17) is 0 Å². The monoisotopic (exact) mass is 446 g/mol. The van der Waals surface area contributed by atoms with E-state index < -0.39 is 54.2 Å². The fourth-order valence-electron chi connectivity index (χ4n) is 1.19. The number of carbonyl (C=O) groups excluding carboxylic acids is 1. The van der Waals surface area contributed by atoms with E-state index in [1.807, 2.05) is 0 Å². The third kappa shape index (κ3) is 6.29. The van der Waals surface area contributed by atoms with Crippen molar-refractivity contribution in [2.75, 3.05) is 0 Å². The summed E-state index contributed by atoms with van der Waals surface area (Å²) < 4.78 is 166. The zero-order valence-electron chi connectivity index (χ0n) is 13.5. The van der Waals surface area contributed by atoms with Crippen LogP contribution in [0.25, 0.3) is 0 Å². The first-order valence-corrected chi connectivity index (χ1v) is 6.44. The molecule has 0 spiro atoms. The smallest absolute Gasteiger partial charge is 0.393 e. The van der Waals surface area contributed by atoms with Crippen molar-refractivity contribution in [3.8, 4) is 0 Å². The lowest BCUT2D eigenvalue weighted by Crippen LogP contribution is -2.65. The molecule has 15 heteroatoms. The Bertz CT molecular complexity index is 565. The first-order valence-electron chi connectivity index (χ1n) is 6.44. The summed E-state index contributed by atoms with van der Waals surface area (Å²) in [6.45, 7) is 5.92. The summed E-state index contributed by atoms with van der Waals surface area (Å²) in [6, 6.07) is 0. The minimum Gasteiger partial charge on any atom is -0.393 e. The highest BCUT2D eigenvalue weighted by Gasteiger charge is 2.84. The minimum absolute atomic E-state index is 0.250. The lowest BCUT2D eigenvalue weighted by atomic mass is 9.97. The van der Waals surface area contributed by atoms with Gasteiger partial charge in [0, 0.05) is 5.57 Å². The van der Waals surface area contributed by atoms with Crippen LogP contribution in [0.4, 0.5) is 57.1 Å². The number of esters is 1. The number of rotatable bonds is 7. The van der Waals surface area contributed by atoms with E-state index in [9.17, 15) is 61.9 Å². The van der Waals surface area contributed by atoms with Crippen molar-refractivity contribution in [1.82, 2.24) is 0 Å². The van der Waals surface area contributed by atoms with Crippen LogP contribution in [0.15, 0.2) is 25.1 Å². The van der Waals surface area contributed by atoms with E-state index in [0.717, 1.165) is 0 Å². The van der Waals surface area contributed by atoms with Gasteiger partial charge >= 0.3 is 36.0 Å². The Balaban J connectivity index is 0. The normalized spacial score (nSPS) is 14.5. The second-order valence-electron chi connectivity index (χ2n) is 4.90. The van der Waals surface area contributed by atoms with Gasteiger partial charge in [-0.1, -0.05) is 13.2 Å². The highest BCUT2D eigenvalue weighted by molar-refractivity contribution is 5.87. The molecule has 0 N–H and O–H groups in total. The molecular formula is C13H11F13O2. The third-order valence-electron chi connectivity index (χ3n) is 2.55. The maximum atomic E-state index is 13.2. The third-order valence-corrected chi connectivity index (χ3v) is 2.55. The molecular weight excluding hydrogens is 435 g/mol. The topological polar surface area (TPSA) is 26.3 Å². The maximum absolute atomic E-state index is 13.2. The van der Waals surface area contributed by atoms with Crippen molar-refractivity contribution in [1.29, 1.82) is 0 Å². The average Bonchev–Trinajstić information content (AvgIpc) is 2.44. The fraction of sp³-hybridized carbons (Fsp3) is 0.615. The van der Waals surface area contributed by atoms with Crippen LogP contribution in [-0.4, -0.2) is 42.2 Å². The maximum Gasteiger partial charge on any atom is 0.473 e. The molecule has 0 aromatic rings. The Morgan fingerprint density at radius 1 is 0.964 bits per heavy atom. The average molecular weight is 446 g/mol. The van der Waals surface area contributed by atoms with E-state index in [2.05, 4.69) is 17.9 Å². The molecule has 2 nitrogen and oxygen atoms in total. The van der Waals surface area contributed by atoms with Crippen LogP contribution in [0.1, 0.15) is 13.3 Å². The Kier molecular flexibility index (Phi) is 9.11. The van der Waals surface area contributed by atoms with E-state index in [1.54, 1.807) is 0 Å². The molecule has 1 atom stereocenters. The molecule has 166 valence electrons. The van der Waals surface area contributed by atoms with Gasteiger partial charge in [-0.3, -0.25) is 0 Å². The van der Waals surface area contributed by atoms with Gasteiger partial charge in [0.2, 0.25) is 0 Å². The standard InChI is InChI=1S/C11H8F12O2.C2H3F/c1-4(2)6(24)25-11(22,23)10(20,21)9(18,19)8(16,17)5(12)3-7(13,14)15;1-2-3/h5H,1,3H2,2H3;2H,1H2. The summed E-state index contributed by atoms with van der Waals surface area (Å²) in [5.74, 6) is -23.9. The molecule has 0 amide bonds. The van der Waals surface area contributed by atoms with Gasteiger partial charge < -0.3 is 4.74 Å². The van der Waals surface area contributed by atoms with Gasteiger partial charge in [0.1, 0.15) is 0 Å². The van der Waals surface area contributed by atoms with Crippen LogP contribution >= 0.6 is 0 Å². The number of ether oxygens (including phenoxy) is 1. The molecule has 0 bridgehead atoms. The van der Waals surface area contributed by atoms with Crippen LogP contribution in [0.5, 0.6) is 0 Å². The van der Waals surface area contributed by atoms with Gasteiger partial charge in [-0.15, -0.1) is 0 Å². The SMILES string of the molecule is C=C(C)C(=O)OC(F)(F)C(F)(F)C(F)(F)C(F)(F)C(F)CC(F)(F)F.C=CF. The zero-order valence-corrected chi connectivity index (χ0v) is 13.5. The molecule has 0 aliphatic heterocycles. The minimum atomic E-state index is -7.36. The van der Waals surface area contributed by atoms with Crippen molar-refractivity contribution in [3.63, 3.8) is 0 Å². The number of alkyl halides is 12. The van der Waals surface area contributed by atoms with Crippen LogP contribution in [0.2, 0.25) is 0 Å². The first-order chi connectivity index (χ1) is 12.1. The van der Waals surface area contributed by atoms with Gasteiger partial charge in [-0.2, -0.15) is 48.3 Å². The molecule has 0 aromatic carbocycles. The summed E-state index contributed by atoms with van der Waals surface area (Å²) in [6.07, 6.45) is -20.5. The van der Waals surface area contributed by atoms with Crippen molar-refractivity contribution in [2.45, 2.75) is 49.6 Å². The summed E-state index contributed by atoms with van der Waals surface area (Å²) >= 11 is 0. The molecule has 0 radical (unpaired) electrons. The Morgan fingerprint density at radius 2 is 1.32 bits per heavy atom. The summed E-state index contributed by atoms with van der Waals surface area (Å²) in [5.41, 5.74) is -1.02. The Morgan fingerprint density at radius 3 is 1.61 bits per heavy atom. The summed E-state index contributed by atoms with van der Waals surface area (Å²) in [5, 5.41) is 0. The van der Waals surface area contributed by atoms with Crippen molar-refractivity contribution < 1.29 is 66.6 Å². The van der Waals surface area contributed by atoms with Crippen LogP contribution in [0.3, 0.4) is 0 Å². The number of halogens is 13. The van der Waals surface area contributed by atoms with Gasteiger partial charge in [0.15, 0.2) is 6.17 Å². The van der Waals surface area contributed by atoms with Gasteiger partial charge in [0.25, 0.3) is 0 Å². The molecule has 0 fully saturated rings. The second-order valence-corrected chi connectivity index (χ2v) is 4.90. The molecule has 0 aliphatic carbocycles. The largest absolute Gasteiger partial charge is 0.473 e. The van der Waals surface area contributed by atoms with E-state index >= 15 is 0 Å². The van der Waals surface area contributed by atoms with Crippen molar-refractivity contribution in [3.05, 3.63) is 25.1 Å². The van der Waals surface area contributed by atoms with Crippen LogP contribution < -0.4 is 0 Å². The zero-order chi connectivity index (χ0) is 23.4. The van der Waals surface area contributed by atoms with E-state index in [-0.39, 0.29) is 6.33 Å².